The number of carbonyl (C=O) groups is 1. The van der Waals surface area contributed by atoms with Gasteiger partial charge in [-0.05, 0) is 56.4 Å². The number of pyridine rings is 2. The van der Waals surface area contributed by atoms with Crippen LogP contribution >= 0.6 is 0 Å². The van der Waals surface area contributed by atoms with Crippen molar-refractivity contribution in [1.82, 2.24) is 9.97 Å². The normalized spacial score (nSPS) is 13.6. The number of carboxylic acids is 1. The van der Waals surface area contributed by atoms with Gasteiger partial charge in [0, 0.05) is 11.9 Å². The summed E-state index contributed by atoms with van der Waals surface area (Å²) in [7, 11) is 0. The number of carboxylic acid groups (broad SMARTS) is 1. The van der Waals surface area contributed by atoms with E-state index in [0.717, 1.165) is 36.9 Å². The molecule has 5 nitrogen and oxygen atoms in total. The standard InChI is InChI=1S/C16H16N2O3/c1-10-14(7-4-8-17-10)21-15-12(16(19)20)9-11-5-2-3-6-13(11)18-15/h4,7-9H,2-3,5-6H2,1H3,(H,19,20). The summed E-state index contributed by atoms with van der Waals surface area (Å²) in [5, 5.41) is 9.38. The van der Waals surface area contributed by atoms with Gasteiger partial charge in [0.1, 0.15) is 5.56 Å². The second-order valence-electron chi connectivity index (χ2n) is 5.15. The molecule has 21 heavy (non-hydrogen) atoms. The minimum atomic E-state index is -1.02. The fourth-order valence-corrected chi connectivity index (χ4v) is 2.53. The van der Waals surface area contributed by atoms with Crippen LogP contribution in [0, 0.1) is 6.92 Å². The quantitative estimate of drug-likeness (QED) is 0.937. The van der Waals surface area contributed by atoms with Crippen molar-refractivity contribution in [3.8, 4) is 11.6 Å². The van der Waals surface area contributed by atoms with Crippen LogP contribution in [-0.2, 0) is 12.8 Å². The van der Waals surface area contributed by atoms with Crippen molar-refractivity contribution in [2.45, 2.75) is 32.6 Å². The largest absolute Gasteiger partial charge is 0.477 e. The van der Waals surface area contributed by atoms with Gasteiger partial charge in [-0.15, -0.1) is 0 Å². The Morgan fingerprint density at radius 2 is 2.14 bits per heavy atom. The molecule has 0 aliphatic heterocycles. The van der Waals surface area contributed by atoms with Crippen molar-refractivity contribution in [2.75, 3.05) is 0 Å². The smallest absolute Gasteiger partial charge is 0.341 e. The molecule has 1 aliphatic carbocycles. The summed E-state index contributed by atoms with van der Waals surface area (Å²) in [6.07, 6.45) is 5.58. The zero-order valence-corrected chi connectivity index (χ0v) is 11.8. The van der Waals surface area contributed by atoms with Gasteiger partial charge < -0.3 is 9.84 Å². The van der Waals surface area contributed by atoms with Gasteiger partial charge in [-0.3, -0.25) is 4.98 Å². The fourth-order valence-electron chi connectivity index (χ4n) is 2.53. The molecule has 0 radical (unpaired) electrons. The molecule has 1 N–H and O–H groups in total. The third-order valence-electron chi connectivity index (χ3n) is 3.66. The third kappa shape index (κ3) is 2.72. The molecule has 3 rings (SSSR count). The lowest BCUT2D eigenvalue weighted by Crippen LogP contribution is -2.11. The topological polar surface area (TPSA) is 72.3 Å². The van der Waals surface area contributed by atoms with E-state index in [0.29, 0.717) is 11.4 Å². The molecular weight excluding hydrogens is 268 g/mol. The van der Waals surface area contributed by atoms with E-state index < -0.39 is 5.97 Å². The second kappa shape index (κ2) is 5.52. The second-order valence-corrected chi connectivity index (χ2v) is 5.15. The average Bonchev–Trinajstić information content (AvgIpc) is 2.48. The Balaban J connectivity index is 2.04. The molecule has 2 aromatic heterocycles. The highest BCUT2D eigenvalue weighted by molar-refractivity contribution is 5.90. The lowest BCUT2D eigenvalue weighted by atomic mass is 9.95. The highest BCUT2D eigenvalue weighted by Crippen LogP contribution is 2.30. The summed E-state index contributed by atoms with van der Waals surface area (Å²) < 4.78 is 5.71. The Morgan fingerprint density at radius 1 is 1.33 bits per heavy atom. The van der Waals surface area contributed by atoms with Crippen molar-refractivity contribution < 1.29 is 14.6 Å². The first-order chi connectivity index (χ1) is 10.1. The minimum absolute atomic E-state index is 0.110. The minimum Gasteiger partial charge on any atom is -0.477 e. The molecule has 0 amide bonds. The zero-order valence-electron chi connectivity index (χ0n) is 11.8. The SMILES string of the molecule is Cc1ncccc1Oc1nc2c(cc1C(=O)O)CCCC2. The van der Waals surface area contributed by atoms with Crippen LogP contribution in [0.5, 0.6) is 11.6 Å². The molecule has 0 bridgehead atoms. The Kier molecular flexibility index (Phi) is 3.56. The molecule has 2 heterocycles. The summed E-state index contributed by atoms with van der Waals surface area (Å²) in [6, 6.07) is 5.21. The van der Waals surface area contributed by atoms with Crippen molar-refractivity contribution in [3.05, 3.63) is 46.9 Å². The van der Waals surface area contributed by atoms with E-state index in [1.54, 1.807) is 24.4 Å². The number of hydrogen-bond acceptors (Lipinski definition) is 4. The van der Waals surface area contributed by atoms with Gasteiger partial charge in [0.05, 0.1) is 5.69 Å². The molecule has 1 aliphatic rings. The van der Waals surface area contributed by atoms with Gasteiger partial charge in [0.2, 0.25) is 5.88 Å². The number of aryl methyl sites for hydroxylation is 3. The maximum atomic E-state index is 11.4. The molecular formula is C16H16N2O3. The molecule has 0 saturated heterocycles. The molecule has 108 valence electrons. The molecule has 0 saturated carbocycles. The molecule has 0 aromatic carbocycles. The van der Waals surface area contributed by atoms with Gasteiger partial charge in [-0.1, -0.05) is 0 Å². The third-order valence-corrected chi connectivity index (χ3v) is 3.66. The van der Waals surface area contributed by atoms with Crippen LogP contribution in [0.25, 0.3) is 0 Å². The molecule has 0 atom stereocenters. The van der Waals surface area contributed by atoms with Gasteiger partial charge >= 0.3 is 5.97 Å². The number of aromatic carboxylic acids is 1. The number of ether oxygens (including phenoxy) is 1. The van der Waals surface area contributed by atoms with Crippen molar-refractivity contribution in [1.29, 1.82) is 0 Å². The van der Waals surface area contributed by atoms with Crippen LogP contribution in [-0.4, -0.2) is 21.0 Å². The van der Waals surface area contributed by atoms with Crippen LogP contribution in [0.1, 0.15) is 40.2 Å². The van der Waals surface area contributed by atoms with E-state index in [-0.39, 0.29) is 11.4 Å². The highest BCUT2D eigenvalue weighted by Gasteiger charge is 2.20. The van der Waals surface area contributed by atoms with Gasteiger partial charge in [0.15, 0.2) is 5.75 Å². The van der Waals surface area contributed by atoms with Crippen LogP contribution in [0.4, 0.5) is 0 Å². The Morgan fingerprint density at radius 3 is 2.90 bits per heavy atom. The number of aromatic nitrogens is 2. The maximum Gasteiger partial charge on any atom is 0.341 e. The Bertz CT molecular complexity index is 698. The molecule has 0 spiro atoms. The predicted molar refractivity (Wildman–Crippen MR) is 76.9 cm³/mol. The number of nitrogens with zero attached hydrogens (tertiary/aromatic N) is 2. The van der Waals surface area contributed by atoms with Crippen molar-refractivity contribution >= 4 is 5.97 Å². The Hall–Kier alpha value is -2.43. The van der Waals surface area contributed by atoms with E-state index in [9.17, 15) is 9.90 Å². The summed E-state index contributed by atoms with van der Waals surface area (Å²) >= 11 is 0. The first-order valence-electron chi connectivity index (χ1n) is 7.00. The molecule has 2 aromatic rings. The maximum absolute atomic E-state index is 11.4. The first kappa shape index (κ1) is 13.5. The number of rotatable bonds is 3. The molecule has 5 heteroatoms. The van der Waals surface area contributed by atoms with E-state index >= 15 is 0 Å². The summed E-state index contributed by atoms with van der Waals surface area (Å²) in [6.45, 7) is 1.81. The van der Waals surface area contributed by atoms with Crippen LogP contribution in [0.2, 0.25) is 0 Å². The fraction of sp³-hybridized carbons (Fsp3) is 0.312. The van der Waals surface area contributed by atoms with Crippen LogP contribution in [0.15, 0.2) is 24.4 Å². The zero-order chi connectivity index (χ0) is 14.8. The monoisotopic (exact) mass is 284 g/mol. The van der Waals surface area contributed by atoms with Gasteiger partial charge in [-0.2, -0.15) is 0 Å². The van der Waals surface area contributed by atoms with E-state index in [4.69, 9.17) is 4.74 Å². The lowest BCUT2D eigenvalue weighted by Gasteiger charge is -2.17. The van der Waals surface area contributed by atoms with E-state index in [1.807, 2.05) is 6.92 Å². The lowest BCUT2D eigenvalue weighted by molar-refractivity contribution is 0.0693. The van der Waals surface area contributed by atoms with Crippen LogP contribution < -0.4 is 4.74 Å². The summed E-state index contributed by atoms with van der Waals surface area (Å²) in [5.41, 5.74) is 2.78. The van der Waals surface area contributed by atoms with E-state index in [1.165, 1.54) is 0 Å². The summed E-state index contributed by atoms with van der Waals surface area (Å²) in [5.74, 6) is -0.338. The summed E-state index contributed by atoms with van der Waals surface area (Å²) in [4.78, 5) is 20.0. The average molecular weight is 284 g/mol. The van der Waals surface area contributed by atoms with E-state index in [2.05, 4.69) is 9.97 Å². The highest BCUT2D eigenvalue weighted by atomic mass is 16.5. The Labute approximate surface area is 122 Å². The first-order valence-corrected chi connectivity index (χ1v) is 7.00. The van der Waals surface area contributed by atoms with Crippen LogP contribution in [0.3, 0.4) is 0 Å². The van der Waals surface area contributed by atoms with Crippen molar-refractivity contribution in [2.24, 2.45) is 0 Å². The predicted octanol–water partition coefficient (Wildman–Crippen LogP) is 3.15. The number of hydrogen-bond donors (Lipinski definition) is 1. The van der Waals surface area contributed by atoms with Gasteiger partial charge in [-0.25, -0.2) is 9.78 Å². The van der Waals surface area contributed by atoms with Crippen molar-refractivity contribution in [3.63, 3.8) is 0 Å². The molecule has 0 unspecified atom stereocenters. The number of fused-ring (bicyclic) bond motifs is 1. The van der Waals surface area contributed by atoms with Gasteiger partial charge in [0.25, 0.3) is 0 Å². The molecule has 0 fully saturated rings.